The van der Waals surface area contributed by atoms with Crippen LogP contribution in [0.1, 0.15) is 45.1 Å². The molecular formula is C18H25N3O2. The fourth-order valence-corrected chi connectivity index (χ4v) is 2.50. The van der Waals surface area contributed by atoms with Gasteiger partial charge in [-0.3, -0.25) is 4.79 Å². The number of hydrogen-bond donors (Lipinski definition) is 1. The van der Waals surface area contributed by atoms with Gasteiger partial charge in [0.05, 0.1) is 12.3 Å². The van der Waals surface area contributed by atoms with Crippen LogP contribution in [0.4, 0.5) is 0 Å². The molecule has 1 atom stereocenters. The van der Waals surface area contributed by atoms with E-state index in [-0.39, 0.29) is 5.97 Å². The van der Waals surface area contributed by atoms with Crippen molar-refractivity contribution in [2.75, 3.05) is 13.2 Å². The lowest BCUT2D eigenvalue weighted by atomic mass is 9.97. The van der Waals surface area contributed by atoms with E-state index in [1.165, 1.54) is 0 Å². The first-order valence-electron chi connectivity index (χ1n) is 8.30. The van der Waals surface area contributed by atoms with Gasteiger partial charge < -0.3 is 10.1 Å². The maximum atomic E-state index is 11.2. The van der Waals surface area contributed by atoms with E-state index >= 15 is 0 Å². The van der Waals surface area contributed by atoms with Crippen LogP contribution < -0.4 is 5.32 Å². The molecule has 2 rings (SSSR count). The zero-order chi connectivity index (χ0) is 16.5. The van der Waals surface area contributed by atoms with Crippen LogP contribution >= 0.6 is 0 Å². The predicted molar refractivity (Wildman–Crippen MR) is 92.7 cm³/mol. The average Bonchev–Trinajstić information content (AvgIpc) is 2.57. The maximum absolute atomic E-state index is 11.2. The molecule has 1 aromatic carbocycles. The highest BCUT2D eigenvalue weighted by Gasteiger charge is 2.19. The number of benzene rings is 1. The lowest BCUT2D eigenvalue weighted by Gasteiger charge is -2.20. The second-order valence-electron chi connectivity index (χ2n) is 5.69. The minimum absolute atomic E-state index is 0.118. The van der Waals surface area contributed by atoms with E-state index in [1.807, 2.05) is 25.1 Å². The number of nitrogens with zero attached hydrogens (tertiary/aromatic N) is 2. The van der Waals surface area contributed by atoms with Gasteiger partial charge in [0.25, 0.3) is 0 Å². The molecule has 0 saturated carbocycles. The highest BCUT2D eigenvalue weighted by molar-refractivity contribution is 6.04. The molecule has 5 heteroatoms. The minimum atomic E-state index is -0.118. The van der Waals surface area contributed by atoms with Gasteiger partial charge in [0, 0.05) is 25.3 Å². The van der Waals surface area contributed by atoms with E-state index in [4.69, 9.17) is 4.74 Å². The fourth-order valence-electron chi connectivity index (χ4n) is 2.50. The van der Waals surface area contributed by atoms with E-state index in [1.54, 1.807) is 0 Å². The average molecular weight is 315 g/mol. The van der Waals surface area contributed by atoms with Gasteiger partial charge in [-0.25, -0.2) is 0 Å². The number of rotatable bonds is 7. The number of nitrogens with one attached hydrogen (secondary N) is 1. The smallest absolute Gasteiger partial charge is 0.305 e. The molecule has 0 aromatic heterocycles. The van der Waals surface area contributed by atoms with Crippen LogP contribution in [-0.4, -0.2) is 30.7 Å². The highest BCUT2D eigenvalue weighted by atomic mass is 16.5. The second-order valence-corrected chi connectivity index (χ2v) is 5.69. The number of carbonyl (C=O) groups excluding carboxylic acids is 1. The fraction of sp³-hybridized carbons (Fsp3) is 0.500. The molecule has 5 nitrogen and oxygen atoms in total. The number of amidine groups is 1. The van der Waals surface area contributed by atoms with Crippen molar-refractivity contribution >= 4 is 17.5 Å². The van der Waals surface area contributed by atoms with Crippen LogP contribution in [0.15, 0.2) is 40.5 Å². The first-order chi connectivity index (χ1) is 11.2. The first-order valence-corrected chi connectivity index (χ1v) is 8.30. The lowest BCUT2D eigenvalue weighted by molar-refractivity contribution is -0.143. The maximum Gasteiger partial charge on any atom is 0.305 e. The van der Waals surface area contributed by atoms with Crippen molar-refractivity contribution in [3.05, 3.63) is 35.9 Å². The zero-order valence-electron chi connectivity index (χ0n) is 13.9. The summed E-state index contributed by atoms with van der Waals surface area (Å²) in [5.41, 5.74) is 2.17. The molecule has 0 spiro atoms. The quantitative estimate of drug-likeness (QED) is 0.621. The van der Waals surface area contributed by atoms with Crippen LogP contribution in [0.3, 0.4) is 0 Å². The van der Waals surface area contributed by atoms with E-state index < -0.39 is 0 Å². The van der Waals surface area contributed by atoms with Gasteiger partial charge in [-0.05, 0) is 25.3 Å². The normalized spacial score (nSPS) is 17.2. The molecule has 0 bridgehead atoms. The highest BCUT2D eigenvalue weighted by Crippen LogP contribution is 2.16. The van der Waals surface area contributed by atoms with Crippen molar-refractivity contribution in [1.29, 1.82) is 0 Å². The molecule has 0 fully saturated rings. The second kappa shape index (κ2) is 9.08. The molecule has 23 heavy (non-hydrogen) atoms. The van der Waals surface area contributed by atoms with Gasteiger partial charge in [-0.15, -0.1) is 5.10 Å². The van der Waals surface area contributed by atoms with Crippen LogP contribution in [0.5, 0.6) is 0 Å². The van der Waals surface area contributed by atoms with Gasteiger partial charge >= 0.3 is 5.97 Å². The van der Waals surface area contributed by atoms with E-state index in [9.17, 15) is 4.79 Å². The van der Waals surface area contributed by atoms with Crippen LogP contribution in [-0.2, 0) is 9.53 Å². The number of hydrogen-bond acceptors (Lipinski definition) is 5. The third-order valence-corrected chi connectivity index (χ3v) is 3.77. The number of carbonyl (C=O) groups is 1. The largest absolute Gasteiger partial charge is 0.466 e. The van der Waals surface area contributed by atoms with Crippen LogP contribution in [0.25, 0.3) is 0 Å². The molecule has 0 amide bonds. The summed E-state index contributed by atoms with van der Waals surface area (Å²) >= 11 is 0. The molecule has 0 saturated heterocycles. The summed E-state index contributed by atoms with van der Waals surface area (Å²) in [6, 6.07) is 10.2. The van der Waals surface area contributed by atoms with Crippen molar-refractivity contribution in [3.8, 4) is 0 Å². The molecular weight excluding hydrogens is 290 g/mol. The van der Waals surface area contributed by atoms with Crippen LogP contribution in [0.2, 0.25) is 0 Å². The van der Waals surface area contributed by atoms with Gasteiger partial charge in [-0.1, -0.05) is 37.3 Å². The van der Waals surface area contributed by atoms with Crippen LogP contribution in [0, 0.1) is 5.92 Å². The van der Waals surface area contributed by atoms with Crippen molar-refractivity contribution in [2.45, 2.75) is 39.5 Å². The van der Waals surface area contributed by atoms with E-state index in [0.29, 0.717) is 18.9 Å². The molecule has 124 valence electrons. The number of ether oxygens (including phenoxy) is 1. The Kier molecular flexibility index (Phi) is 6.78. The first kappa shape index (κ1) is 17.2. The standard InChI is InChI=1S/C18H25N3O2/c1-3-23-17(22)11-7-8-12-19-18-14(2)13-16(20-21-18)15-9-5-4-6-10-15/h4-6,9-10,14H,3,7-8,11-13H2,1-2H3,(H,19,21). The van der Waals surface area contributed by atoms with Gasteiger partial charge in [0.15, 0.2) is 0 Å². The molecule has 0 aliphatic carbocycles. The van der Waals surface area contributed by atoms with Gasteiger partial charge in [-0.2, -0.15) is 5.10 Å². The number of esters is 1. The summed E-state index contributed by atoms with van der Waals surface area (Å²) in [6.07, 6.45) is 3.11. The summed E-state index contributed by atoms with van der Waals surface area (Å²) in [4.78, 5) is 11.2. The molecule has 1 unspecified atom stereocenters. The SMILES string of the molecule is CCOC(=O)CCCCNC1=NN=C(c2ccccc2)CC1C. The van der Waals surface area contributed by atoms with Gasteiger partial charge in [0.2, 0.25) is 0 Å². The number of unbranched alkanes of at least 4 members (excludes halogenated alkanes) is 1. The Morgan fingerprint density at radius 2 is 2.04 bits per heavy atom. The Morgan fingerprint density at radius 3 is 2.74 bits per heavy atom. The molecule has 0 radical (unpaired) electrons. The molecule has 1 N–H and O–H groups in total. The Bertz CT molecular complexity index is 567. The minimum Gasteiger partial charge on any atom is -0.466 e. The Morgan fingerprint density at radius 1 is 1.26 bits per heavy atom. The van der Waals surface area contributed by atoms with Crippen molar-refractivity contribution in [2.24, 2.45) is 16.1 Å². The predicted octanol–water partition coefficient (Wildman–Crippen LogP) is 3.15. The zero-order valence-corrected chi connectivity index (χ0v) is 13.9. The summed E-state index contributed by atoms with van der Waals surface area (Å²) in [5.74, 6) is 1.14. The Hall–Kier alpha value is -2.17. The Balaban J connectivity index is 1.77. The topological polar surface area (TPSA) is 63.0 Å². The van der Waals surface area contributed by atoms with Crippen molar-refractivity contribution in [3.63, 3.8) is 0 Å². The van der Waals surface area contributed by atoms with Crippen molar-refractivity contribution < 1.29 is 9.53 Å². The molecule has 1 aromatic rings. The van der Waals surface area contributed by atoms with E-state index in [0.717, 1.165) is 42.9 Å². The molecule has 1 aliphatic rings. The van der Waals surface area contributed by atoms with Gasteiger partial charge in [0.1, 0.15) is 5.84 Å². The third-order valence-electron chi connectivity index (χ3n) is 3.77. The summed E-state index contributed by atoms with van der Waals surface area (Å²) < 4.78 is 4.91. The lowest BCUT2D eigenvalue weighted by Crippen LogP contribution is -2.33. The summed E-state index contributed by atoms with van der Waals surface area (Å²) in [6.45, 7) is 5.24. The molecule has 1 aliphatic heterocycles. The van der Waals surface area contributed by atoms with Crippen molar-refractivity contribution in [1.82, 2.24) is 5.32 Å². The summed E-state index contributed by atoms with van der Waals surface area (Å²) in [5, 5.41) is 12.0. The molecule has 1 heterocycles. The third kappa shape index (κ3) is 5.51. The summed E-state index contributed by atoms with van der Waals surface area (Å²) in [7, 11) is 0. The Labute approximate surface area is 137 Å². The van der Waals surface area contributed by atoms with E-state index in [2.05, 4.69) is 34.6 Å². The monoisotopic (exact) mass is 315 g/mol.